The average Bonchev–Trinajstić information content (AvgIpc) is 2.38. The molecule has 1 saturated heterocycles. The third kappa shape index (κ3) is 3.95. The smallest absolute Gasteiger partial charge is 0.410 e. The Morgan fingerprint density at radius 1 is 1.30 bits per heavy atom. The van der Waals surface area contributed by atoms with Crippen LogP contribution in [0.1, 0.15) is 50.8 Å². The number of rotatable bonds is 1. The van der Waals surface area contributed by atoms with Crippen molar-refractivity contribution >= 4 is 6.09 Å². The Labute approximate surface area is 121 Å². The van der Waals surface area contributed by atoms with Crippen molar-refractivity contribution in [3.63, 3.8) is 0 Å². The van der Waals surface area contributed by atoms with E-state index in [9.17, 15) is 4.79 Å². The minimum atomic E-state index is -0.422. The summed E-state index contributed by atoms with van der Waals surface area (Å²) in [6.45, 7) is 9.21. The summed E-state index contributed by atoms with van der Waals surface area (Å²) in [5.74, 6) is 0.502. The highest BCUT2D eigenvalue weighted by molar-refractivity contribution is 5.68. The van der Waals surface area contributed by atoms with Gasteiger partial charge in [-0.15, -0.1) is 0 Å². The second-order valence-corrected chi connectivity index (χ2v) is 6.47. The molecule has 0 spiro atoms. The third-order valence-corrected chi connectivity index (χ3v) is 3.55. The fourth-order valence-corrected chi connectivity index (χ4v) is 2.44. The molecule has 1 aromatic heterocycles. The highest BCUT2D eigenvalue weighted by atomic mass is 16.6. The second-order valence-electron chi connectivity index (χ2n) is 6.47. The average molecular weight is 276 g/mol. The maximum atomic E-state index is 12.0. The molecule has 0 atom stereocenters. The fraction of sp³-hybridized carbons (Fsp3) is 0.625. The summed E-state index contributed by atoms with van der Waals surface area (Å²) >= 11 is 0. The zero-order valence-electron chi connectivity index (χ0n) is 12.8. The van der Waals surface area contributed by atoms with E-state index in [0.29, 0.717) is 5.92 Å². The number of aromatic nitrogens is 1. The summed E-state index contributed by atoms with van der Waals surface area (Å²) in [4.78, 5) is 18.2. The zero-order valence-corrected chi connectivity index (χ0v) is 12.8. The number of pyridine rings is 1. The van der Waals surface area contributed by atoms with Crippen LogP contribution in [0.4, 0.5) is 4.79 Å². The summed E-state index contributed by atoms with van der Waals surface area (Å²) in [5.41, 5.74) is 1.90. The molecule has 0 aliphatic carbocycles. The molecule has 110 valence electrons. The van der Waals surface area contributed by atoms with Gasteiger partial charge in [-0.05, 0) is 58.1 Å². The Morgan fingerprint density at radius 3 is 2.45 bits per heavy atom. The lowest BCUT2D eigenvalue weighted by Gasteiger charge is -2.33. The lowest BCUT2D eigenvalue weighted by Crippen LogP contribution is -2.41. The summed E-state index contributed by atoms with van der Waals surface area (Å²) < 4.78 is 5.41. The van der Waals surface area contributed by atoms with Crippen molar-refractivity contribution in [2.45, 2.75) is 52.1 Å². The Bertz CT molecular complexity index is 454. The number of hydrogen-bond acceptors (Lipinski definition) is 3. The number of carbonyl (C=O) groups excluding carboxylic acids is 1. The molecule has 0 unspecified atom stereocenters. The molecule has 2 rings (SSSR count). The van der Waals surface area contributed by atoms with Crippen molar-refractivity contribution in [3.8, 4) is 0 Å². The predicted octanol–water partition coefficient (Wildman–Crippen LogP) is 3.50. The molecule has 0 radical (unpaired) electrons. The molecule has 4 nitrogen and oxygen atoms in total. The standard InChI is InChI=1S/C16H24N2O2/c1-12-5-6-14(11-17-12)13-7-9-18(10-8-13)15(19)20-16(2,3)4/h5-6,11,13H,7-10H2,1-4H3. The fourth-order valence-electron chi connectivity index (χ4n) is 2.44. The Kier molecular flexibility index (Phi) is 4.31. The molecular weight excluding hydrogens is 252 g/mol. The molecule has 1 aliphatic heterocycles. The van der Waals surface area contributed by atoms with Gasteiger partial charge in [-0.25, -0.2) is 4.79 Å². The van der Waals surface area contributed by atoms with Crippen LogP contribution >= 0.6 is 0 Å². The van der Waals surface area contributed by atoms with E-state index in [1.54, 1.807) is 0 Å². The van der Waals surface area contributed by atoms with Crippen LogP contribution in [0, 0.1) is 6.92 Å². The SMILES string of the molecule is Cc1ccc(C2CCN(C(=O)OC(C)(C)C)CC2)cn1. The van der Waals surface area contributed by atoms with Crippen LogP contribution < -0.4 is 0 Å². The van der Waals surface area contributed by atoms with E-state index in [2.05, 4.69) is 17.1 Å². The van der Waals surface area contributed by atoms with Crippen molar-refractivity contribution in [2.24, 2.45) is 0 Å². The maximum absolute atomic E-state index is 12.0. The van der Waals surface area contributed by atoms with Gasteiger partial charge in [0.25, 0.3) is 0 Å². The molecule has 1 amide bonds. The van der Waals surface area contributed by atoms with Gasteiger partial charge in [-0.1, -0.05) is 6.07 Å². The van der Waals surface area contributed by atoms with Gasteiger partial charge in [0, 0.05) is 25.0 Å². The molecular formula is C16H24N2O2. The molecule has 1 fully saturated rings. The lowest BCUT2D eigenvalue weighted by molar-refractivity contribution is 0.0205. The van der Waals surface area contributed by atoms with E-state index in [1.165, 1.54) is 5.56 Å². The first-order valence-electron chi connectivity index (χ1n) is 7.25. The number of likely N-dealkylation sites (tertiary alicyclic amines) is 1. The number of ether oxygens (including phenoxy) is 1. The van der Waals surface area contributed by atoms with Gasteiger partial charge in [-0.2, -0.15) is 0 Å². The van der Waals surface area contributed by atoms with Crippen LogP contribution in [-0.2, 0) is 4.74 Å². The summed E-state index contributed by atoms with van der Waals surface area (Å²) in [6, 6.07) is 4.20. The lowest BCUT2D eigenvalue weighted by atomic mass is 9.90. The molecule has 4 heteroatoms. The van der Waals surface area contributed by atoms with Crippen molar-refractivity contribution in [2.75, 3.05) is 13.1 Å². The molecule has 0 N–H and O–H groups in total. The minimum Gasteiger partial charge on any atom is -0.444 e. The van der Waals surface area contributed by atoms with Gasteiger partial charge >= 0.3 is 6.09 Å². The van der Waals surface area contributed by atoms with E-state index >= 15 is 0 Å². The highest BCUT2D eigenvalue weighted by Gasteiger charge is 2.27. The van der Waals surface area contributed by atoms with Gasteiger partial charge in [0.05, 0.1) is 0 Å². The first kappa shape index (κ1) is 14.8. The summed E-state index contributed by atoms with van der Waals surface area (Å²) in [7, 11) is 0. The zero-order chi connectivity index (χ0) is 14.8. The molecule has 1 aromatic rings. The van der Waals surface area contributed by atoms with E-state index < -0.39 is 5.60 Å². The van der Waals surface area contributed by atoms with Crippen LogP contribution in [0.15, 0.2) is 18.3 Å². The Hall–Kier alpha value is -1.58. The van der Waals surface area contributed by atoms with Crippen LogP contribution in [0.5, 0.6) is 0 Å². The summed E-state index contributed by atoms with van der Waals surface area (Å²) in [5, 5.41) is 0. The highest BCUT2D eigenvalue weighted by Crippen LogP contribution is 2.28. The maximum Gasteiger partial charge on any atom is 0.410 e. The van der Waals surface area contributed by atoms with E-state index in [0.717, 1.165) is 31.6 Å². The van der Waals surface area contributed by atoms with Gasteiger partial charge in [-0.3, -0.25) is 4.98 Å². The third-order valence-electron chi connectivity index (χ3n) is 3.55. The number of nitrogens with zero attached hydrogens (tertiary/aromatic N) is 2. The topological polar surface area (TPSA) is 42.4 Å². The molecule has 0 aromatic carbocycles. The number of carbonyl (C=O) groups is 1. The number of piperidine rings is 1. The number of hydrogen-bond donors (Lipinski definition) is 0. The van der Waals surface area contributed by atoms with Gasteiger partial charge in [0.15, 0.2) is 0 Å². The Morgan fingerprint density at radius 2 is 1.95 bits per heavy atom. The largest absolute Gasteiger partial charge is 0.444 e. The van der Waals surface area contributed by atoms with E-state index in [-0.39, 0.29) is 6.09 Å². The van der Waals surface area contributed by atoms with Crippen LogP contribution in [-0.4, -0.2) is 34.7 Å². The van der Waals surface area contributed by atoms with Crippen molar-refractivity contribution in [1.29, 1.82) is 0 Å². The van der Waals surface area contributed by atoms with Crippen molar-refractivity contribution < 1.29 is 9.53 Å². The van der Waals surface area contributed by atoms with Gasteiger partial charge in [0.2, 0.25) is 0 Å². The first-order valence-corrected chi connectivity index (χ1v) is 7.25. The normalized spacial score (nSPS) is 17.1. The van der Waals surface area contributed by atoms with E-state index in [4.69, 9.17) is 4.74 Å². The Balaban J connectivity index is 1.89. The van der Waals surface area contributed by atoms with Gasteiger partial charge < -0.3 is 9.64 Å². The van der Waals surface area contributed by atoms with Crippen LogP contribution in [0.2, 0.25) is 0 Å². The van der Waals surface area contributed by atoms with Crippen molar-refractivity contribution in [3.05, 3.63) is 29.6 Å². The first-order chi connectivity index (χ1) is 9.35. The quantitative estimate of drug-likeness (QED) is 0.788. The van der Waals surface area contributed by atoms with Crippen LogP contribution in [0.25, 0.3) is 0 Å². The monoisotopic (exact) mass is 276 g/mol. The molecule has 0 bridgehead atoms. The minimum absolute atomic E-state index is 0.196. The predicted molar refractivity (Wildman–Crippen MR) is 78.8 cm³/mol. The van der Waals surface area contributed by atoms with Crippen LogP contribution in [0.3, 0.4) is 0 Å². The summed E-state index contributed by atoms with van der Waals surface area (Å²) in [6.07, 6.45) is 3.72. The molecule has 1 aliphatic rings. The molecule has 0 saturated carbocycles. The molecule has 20 heavy (non-hydrogen) atoms. The van der Waals surface area contributed by atoms with Crippen molar-refractivity contribution in [1.82, 2.24) is 9.88 Å². The number of aryl methyl sites for hydroxylation is 1. The second kappa shape index (κ2) is 5.81. The van der Waals surface area contributed by atoms with E-state index in [1.807, 2.05) is 38.8 Å². The molecule has 2 heterocycles. The van der Waals surface area contributed by atoms with Gasteiger partial charge in [0.1, 0.15) is 5.60 Å². The number of amides is 1.